The molecule has 0 heterocycles. The lowest BCUT2D eigenvalue weighted by atomic mass is 10.1. The Morgan fingerprint density at radius 3 is 2.72 bits per heavy atom. The molecule has 0 radical (unpaired) electrons. The van der Waals surface area contributed by atoms with E-state index in [4.69, 9.17) is 0 Å². The van der Waals surface area contributed by atoms with Gasteiger partial charge in [0.1, 0.15) is 5.82 Å². The number of halogens is 2. The van der Waals surface area contributed by atoms with Crippen LogP contribution in [0.5, 0.6) is 0 Å². The van der Waals surface area contributed by atoms with Crippen LogP contribution in [0.3, 0.4) is 0 Å². The Labute approximate surface area is 153 Å². The summed E-state index contributed by atoms with van der Waals surface area (Å²) in [5.74, 6) is -0.219. The van der Waals surface area contributed by atoms with Gasteiger partial charge in [-0.2, -0.15) is 0 Å². The number of nitrogens with one attached hydrogen (secondary N) is 2. The smallest absolute Gasteiger partial charge is 0.251 e. The highest BCUT2D eigenvalue weighted by Crippen LogP contribution is 2.38. The van der Waals surface area contributed by atoms with Gasteiger partial charge in [0.2, 0.25) is 5.91 Å². The van der Waals surface area contributed by atoms with Crippen LogP contribution in [0, 0.1) is 17.7 Å². The number of amides is 2. The van der Waals surface area contributed by atoms with E-state index in [0.29, 0.717) is 22.7 Å². The summed E-state index contributed by atoms with van der Waals surface area (Å²) in [6, 6.07) is 11.3. The van der Waals surface area contributed by atoms with E-state index < -0.39 is 0 Å². The topological polar surface area (TPSA) is 58.2 Å². The molecule has 1 saturated carbocycles. The second kappa shape index (κ2) is 7.35. The Morgan fingerprint density at radius 2 is 2.00 bits per heavy atom. The molecule has 2 aromatic carbocycles. The molecule has 2 amide bonds. The van der Waals surface area contributed by atoms with Crippen molar-refractivity contribution in [1.82, 2.24) is 5.32 Å². The number of hydrogen-bond donors (Lipinski definition) is 2. The SMILES string of the molecule is CC1CC1C(=O)Nc1cccc(C(=O)NCc2cc(Br)ccc2F)c1. The molecule has 1 aliphatic carbocycles. The Morgan fingerprint density at radius 1 is 1.24 bits per heavy atom. The standard InChI is InChI=1S/C19H18BrFN2O2/c1-11-7-16(11)19(25)23-15-4-2-3-12(9-15)18(24)22-10-13-8-14(20)5-6-17(13)21/h2-6,8-9,11,16H,7,10H2,1H3,(H,22,24)(H,23,25). The molecule has 4 nitrogen and oxygen atoms in total. The molecule has 1 fully saturated rings. The van der Waals surface area contributed by atoms with E-state index >= 15 is 0 Å². The zero-order valence-electron chi connectivity index (χ0n) is 13.7. The van der Waals surface area contributed by atoms with Crippen LogP contribution in [-0.2, 0) is 11.3 Å². The van der Waals surface area contributed by atoms with Gasteiger partial charge in [-0.1, -0.05) is 28.9 Å². The van der Waals surface area contributed by atoms with Crippen molar-refractivity contribution in [3.8, 4) is 0 Å². The van der Waals surface area contributed by atoms with Crippen molar-refractivity contribution in [2.75, 3.05) is 5.32 Å². The van der Waals surface area contributed by atoms with Crippen molar-refractivity contribution >= 4 is 33.4 Å². The first kappa shape index (κ1) is 17.6. The number of rotatable bonds is 5. The summed E-state index contributed by atoms with van der Waals surface area (Å²) in [6.07, 6.45) is 0.907. The Hall–Kier alpha value is -2.21. The van der Waals surface area contributed by atoms with Crippen molar-refractivity contribution in [3.63, 3.8) is 0 Å². The van der Waals surface area contributed by atoms with Gasteiger partial charge in [0.25, 0.3) is 5.91 Å². The number of hydrogen-bond acceptors (Lipinski definition) is 2. The van der Waals surface area contributed by atoms with E-state index in [-0.39, 0.29) is 30.1 Å². The zero-order valence-corrected chi connectivity index (χ0v) is 15.3. The fraction of sp³-hybridized carbons (Fsp3) is 0.263. The fourth-order valence-corrected chi connectivity index (χ4v) is 3.03. The Kier molecular flexibility index (Phi) is 5.18. The van der Waals surface area contributed by atoms with Gasteiger partial charge < -0.3 is 10.6 Å². The molecule has 0 bridgehead atoms. The predicted molar refractivity (Wildman–Crippen MR) is 97.6 cm³/mol. The Bertz CT molecular complexity index is 825. The minimum atomic E-state index is -0.372. The van der Waals surface area contributed by atoms with Crippen LogP contribution in [0.15, 0.2) is 46.9 Å². The molecule has 2 N–H and O–H groups in total. The lowest BCUT2D eigenvalue weighted by Crippen LogP contribution is -2.23. The van der Waals surface area contributed by atoms with Crippen LogP contribution < -0.4 is 10.6 Å². The monoisotopic (exact) mass is 404 g/mol. The molecular formula is C19H18BrFN2O2. The molecular weight excluding hydrogens is 387 g/mol. The normalized spacial score (nSPS) is 18.5. The van der Waals surface area contributed by atoms with E-state index in [2.05, 4.69) is 26.6 Å². The van der Waals surface area contributed by atoms with Gasteiger partial charge in [0.05, 0.1) is 0 Å². The van der Waals surface area contributed by atoms with Crippen molar-refractivity contribution in [2.45, 2.75) is 19.9 Å². The molecule has 0 saturated heterocycles. The van der Waals surface area contributed by atoms with E-state index in [9.17, 15) is 14.0 Å². The summed E-state index contributed by atoms with van der Waals surface area (Å²) in [6.45, 7) is 2.12. The van der Waals surface area contributed by atoms with Gasteiger partial charge in [-0.25, -0.2) is 4.39 Å². The number of anilines is 1. The maximum atomic E-state index is 13.7. The summed E-state index contributed by atoms with van der Waals surface area (Å²) in [4.78, 5) is 24.3. The molecule has 0 spiro atoms. The lowest BCUT2D eigenvalue weighted by Gasteiger charge is -2.09. The number of carbonyl (C=O) groups is 2. The molecule has 3 rings (SSSR count). The largest absolute Gasteiger partial charge is 0.348 e. The summed E-state index contributed by atoms with van der Waals surface area (Å²) in [7, 11) is 0. The van der Waals surface area contributed by atoms with E-state index in [1.54, 1.807) is 36.4 Å². The third-order valence-corrected chi connectivity index (χ3v) is 4.78. The van der Waals surface area contributed by atoms with Crippen molar-refractivity contribution < 1.29 is 14.0 Å². The molecule has 130 valence electrons. The molecule has 0 aromatic heterocycles. The van der Waals surface area contributed by atoms with Crippen molar-refractivity contribution in [3.05, 3.63) is 63.9 Å². The first-order valence-corrected chi connectivity index (χ1v) is 8.86. The Balaban J connectivity index is 1.63. The van der Waals surface area contributed by atoms with Gasteiger partial charge >= 0.3 is 0 Å². The van der Waals surface area contributed by atoms with Crippen LogP contribution in [0.1, 0.15) is 29.3 Å². The van der Waals surface area contributed by atoms with E-state index in [0.717, 1.165) is 10.9 Å². The molecule has 2 aromatic rings. The maximum Gasteiger partial charge on any atom is 0.251 e. The van der Waals surface area contributed by atoms with E-state index in [1.807, 2.05) is 6.92 Å². The first-order chi connectivity index (χ1) is 11.9. The second-order valence-corrected chi connectivity index (χ2v) is 7.22. The average molecular weight is 405 g/mol. The van der Waals surface area contributed by atoms with E-state index in [1.165, 1.54) is 6.07 Å². The molecule has 0 aliphatic heterocycles. The third-order valence-electron chi connectivity index (χ3n) is 4.29. The minimum absolute atomic E-state index is 0.0127. The summed E-state index contributed by atoms with van der Waals surface area (Å²) >= 11 is 3.28. The number of benzene rings is 2. The van der Waals surface area contributed by atoms with Gasteiger partial charge in [0, 0.05) is 33.7 Å². The van der Waals surface area contributed by atoms with Crippen LogP contribution in [0.25, 0.3) is 0 Å². The predicted octanol–water partition coefficient (Wildman–Crippen LogP) is 4.11. The van der Waals surface area contributed by atoms with Crippen LogP contribution >= 0.6 is 15.9 Å². The van der Waals surface area contributed by atoms with Crippen LogP contribution in [0.4, 0.5) is 10.1 Å². The van der Waals surface area contributed by atoms with Crippen molar-refractivity contribution in [2.24, 2.45) is 11.8 Å². The van der Waals surface area contributed by atoms with Crippen LogP contribution in [0.2, 0.25) is 0 Å². The highest BCUT2D eigenvalue weighted by molar-refractivity contribution is 9.10. The highest BCUT2D eigenvalue weighted by Gasteiger charge is 2.39. The molecule has 2 atom stereocenters. The van der Waals surface area contributed by atoms with Gasteiger partial charge in [0.15, 0.2) is 0 Å². The first-order valence-electron chi connectivity index (χ1n) is 8.07. The van der Waals surface area contributed by atoms with Gasteiger partial charge in [-0.05, 0) is 48.7 Å². The lowest BCUT2D eigenvalue weighted by molar-refractivity contribution is -0.117. The minimum Gasteiger partial charge on any atom is -0.348 e. The van der Waals surface area contributed by atoms with Crippen molar-refractivity contribution in [1.29, 1.82) is 0 Å². The molecule has 1 aliphatic rings. The van der Waals surface area contributed by atoms with Gasteiger partial charge in [-0.3, -0.25) is 9.59 Å². The summed E-state index contributed by atoms with van der Waals surface area (Å²) < 4.78 is 14.5. The summed E-state index contributed by atoms with van der Waals surface area (Å²) in [5, 5.41) is 5.53. The maximum absolute atomic E-state index is 13.7. The average Bonchev–Trinajstić information content (AvgIpc) is 3.32. The molecule has 2 unspecified atom stereocenters. The molecule has 6 heteroatoms. The summed E-state index contributed by atoms with van der Waals surface area (Å²) in [5.41, 5.74) is 1.40. The van der Waals surface area contributed by atoms with Crippen LogP contribution in [-0.4, -0.2) is 11.8 Å². The van der Waals surface area contributed by atoms with Gasteiger partial charge in [-0.15, -0.1) is 0 Å². The number of carbonyl (C=O) groups excluding carboxylic acids is 2. The quantitative estimate of drug-likeness (QED) is 0.787. The fourth-order valence-electron chi connectivity index (χ4n) is 2.62. The molecule has 25 heavy (non-hydrogen) atoms. The highest BCUT2D eigenvalue weighted by atomic mass is 79.9. The zero-order chi connectivity index (χ0) is 18.0. The third kappa shape index (κ3) is 4.45. The second-order valence-electron chi connectivity index (χ2n) is 6.31.